The Morgan fingerprint density at radius 1 is 1.32 bits per heavy atom. The van der Waals surface area contributed by atoms with Crippen molar-refractivity contribution in [2.24, 2.45) is 14.1 Å². The molecule has 2 rings (SSSR count). The lowest BCUT2D eigenvalue weighted by atomic mass is 10.1. The second-order valence-electron chi connectivity index (χ2n) is 5.50. The number of nitrogens with zero attached hydrogens (tertiary/aromatic N) is 3. The summed E-state index contributed by atoms with van der Waals surface area (Å²) >= 11 is 0. The zero-order chi connectivity index (χ0) is 14.2. The van der Waals surface area contributed by atoms with Crippen LogP contribution in [0.25, 0.3) is 0 Å². The molecule has 0 aliphatic carbocycles. The van der Waals surface area contributed by atoms with Crippen LogP contribution in [0.15, 0.2) is 15.8 Å². The second-order valence-corrected chi connectivity index (χ2v) is 5.50. The minimum absolute atomic E-state index is 0.193. The van der Waals surface area contributed by atoms with E-state index >= 15 is 0 Å². The first-order valence-electron chi connectivity index (χ1n) is 6.63. The Morgan fingerprint density at radius 2 is 2.00 bits per heavy atom. The average molecular weight is 266 g/mol. The van der Waals surface area contributed by atoms with E-state index in [-0.39, 0.29) is 11.2 Å². The molecule has 1 aliphatic heterocycles. The van der Waals surface area contributed by atoms with Crippen LogP contribution in [0.4, 0.5) is 0 Å². The van der Waals surface area contributed by atoms with Crippen molar-refractivity contribution in [3.63, 3.8) is 0 Å². The van der Waals surface area contributed by atoms with E-state index in [1.165, 1.54) is 16.2 Å². The number of hydrogen-bond acceptors (Lipinski definition) is 4. The van der Waals surface area contributed by atoms with Gasteiger partial charge < -0.3 is 9.88 Å². The number of piperazine rings is 1. The lowest BCUT2D eigenvalue weighted by Crippen LogP contribution is -2.54. The van der Waals surface area contributed by atoms with Crippen molar-refractivity contribution >= 4 is 0 Å². The van der Waals surface area contributed by atoms with Gasteiger partial charge in [-0.3, -0.25) is 14.3 Å². The number of rotatable bonds is 2. The van der Waals surface area contributed by atoms with Gasteiger partial charge in [0.2, 0.25) is 0 Å². The van der Waals surface area contributed by atoms with Crippen molar-refractivity contribution in [3.8, 4) is 0 Å². The van der Waals surface area contributed by atoms with Gasteiger partial charge in [-0.2, -0.15) is 0 Å². The van der Waals surface area contributed by atoms with Crippen LogP contribution in [0.1, 0.15) is 19.4 Å². The first kappa shape index (κ1) is 14.0. The molecule has 1 saturated heterocycles. The largest absolute Gasteiger partial charge is 0.330 e. The van der Waals surface area contributed by atoms with Crippen molar-refractivity contribution in [2.75, 3.05) is 13.1 Å². The summed E-state index contributed by atoms with van der Waals surface area (Å²) in [6.45, 7) is 6.71. The molecule has 1 aromatic heterocycles. The van der Waals surface area contributed by atoms with Gasteiger partial charge in [-0.05, 0) is 13.8 Å². The summed E-state index contributed by atoms with van der Waals surface area (Å²) in [7, 11) is 3.20. The Labute approximate surface area is 112 Å². The van der Waals surface area contributed by atoms with Crippen LogP contribution in [0.3, 0.4) is 0 Å². The number of hydrogen-bond donors (Lipinski definition) is 1. The van der Waals surface area contributed by atoms with Crippen LogP contribution in [-0.2, 0) is 20.6 Å². The van der Waals surface area contributed by atoms with E-state index in [4.69, 9.17) is 0 Å². The van der Waals surface area contributed by atoms with Gasteiger partial charge in [0, 0.05) is 57.6 Å². The molecular weight excluding hydrogens is 244 g/mol. The van der Waals surface area contributed by atoms with Gasteiger partial charge >= 0.3 is 5.69 Å². The molecule has 6 heteroatoms. The smallest absolute Gasteiger partial charge is 0.311 e. The predicted molar refractivity (Wildman–Crippen MR) is 74.3 cm³/mol. The Bertz CT molecular complexity index is 575. The summed E-state index contributed by atoms with van der Waals surface area (Å²) in [6, 6.07) is 0.811. The molecule has 1 N–H and O–H groups in total. The van der Waals surface area contributed by atoms with Gasteiger partial charge in [-0.1, -0.05) is 0 Å². The van der Waals surface area contributed by atoms with Crippen molar-refractivity contribution in [3.05, 3.63) is 32.6 Å². The van der Waals surface area contributed by atoms with Crippen LogP contribution in [0.5, 0.6) is 0 Å². The highest BCUT2D eigenvalue weighted by molar-refractivity contribution is 5.06. The predicted octanol–water partition coefficient (Wildman–Crippen LogP) is -0.734. The molecule has 0 bridgehead atoms. The molecule has 1 aromatic rings. The summed E-state index contributed by atoms with van der Waals surface area (Å²) in [5, 5.41) is 3.41. The van der Waals surface area contributed by atoms with Crippen molar-refractivity contribution in [1.82, 2.24) is 19.4 Å². The minimum Gasteiger partial charge on any atom is -0.311 e. The normalized spacial score (nSPS) is 24.6. The lowest BCUT2D eigenvalue weighted by molar-refractivity contribution is 0.137. The van der Waals surface area contributed by atoms with E-state index in [1.807, 2.05) is 0 Å². The van der Waals surface area contributed by atoms with Gasteiger partial charge in [0.1, 0.15) is 0 Å². The molecule has 106 valence electrons. The Hall–Kier alpha value is -1.40. The monoisotopic (exact) mass is 266 g/mol. The molecule has 2 unspecified atom stereocenters. The Balaban J connectivity index is 2.29. The van der Waals surface area contributed by atoms with Crippen molar-refractivity contribution in [1.29, 1.82) is 0 Å². The lowest BCUT2D eigenvalue weighted by Gasteiger charge is -2.37. The molecule has 19 heavy (non-hydrogen) atoms. The molecule has 0 spiro atoms. The van der Waals surface area contributed by atoms with E-state index in [0.29, 0.717) is 24.2 Å². The van der Waals surface area contributed by atoms with Crippen molar-refractivity contribution in [2.45, 2.75) is 32.5 Å². The maximum Gasteiger partial charge on any atom is 0.330 e. The second kappa shape index (κ2) is 5.30. The highest BCUT2D eigenvalue weighted by atomic mass is 16.2. The van der Waals surface area contributed by atoms with Crippen LogP contribution in [-0.4, -0.2) is 39.2 Å². The Morgan fingerprint density at radius 3 is 2.68 bits per heavy atom. The third kappa shape index (κ3) is 2.79. The zero-order valence-electron chi connectivity index (χ0n) is 12.0. The highest BCUT2D eigenvalue weighted by Gasteiger charge is 2.23. The van der Waals surface area contributed by atoms with Crippen LogP contribution >= 0.6 is 0 Å². The van der Waals surface area contributed by atoms with Crippen LogP contribution < -0.4 is 16.6 Å². The fraction of sp³-hybridized carbons (Fsp3) is 0.692. The topological polar surface area (TPSA) is 59.3 Å². The van der Waals surface area contributed by atoms with Crippen LogP contribution in [0.2, 0.25) is 0 Å². The van der Waals surface area contributed by atoms with Gasteiger partial charge in [0.25, 0.3) is 5.56 Å². The molecular formula is C13H22N4O2. The molecule has 2 atom stereocenters. The van der Waals surface area contributed by atoms with Gasteiger partial charge in [-0.15, -0.1) is 0 Å². The van der Waals surface area contributed by atoms with E-state index in [2.05, 4.69) is 24.1 Å². The number of aryl methyl sites for hydroxylation is 1. The first-order chi connectivity index (χ1) is 8.90. The maximum atomic E-state index is 12.1. The Kier molecular flexibility index (Phi) is 3.91. The van der Waals surface area contributed by atoms with E-state index in [0.717, 1.165) is 13.1 Å². The van der Waals surface area contributed by atoms with E-state index < -0.39 is 0 Å². The van der Waals surface area contributed by atoms with Gasteiger partial charge in [0.15, 0.2) is 0 Å². The molecule has 0 amide bonds. The zero-order valence-corrected chi connectivity index (χ0v) is 12.0. The van der Waals surface area contributed by atoms with Gasteiger partial charge in [-0.25, -0.2) is 4.79 Å². The average Bonchev–Trinajstić information content (AvgIpc) is 2.37. The quantitative estimate of drug-likeness (QED) is 0.766. The minimum atomic E-state index is -0.282. The van der Waals surface area contributed by atoms with Gasteiger partial charge in [0.05, 0.1) is 0 Å². The van der Waals surface area contributed by atoms with Crippen LogP contribution in [0, 0.1) is 0 Å². The fourth-order valence-electron chi connectivity index (χ4n) is 2.53. The maximum absolute atomic E-state index is 12.1. The summed E-state index contributed by atoms with van der Waals surface area (Å²) in [4.78, 5) is 26.0. The third-order valence-electron chi connectivity index (χ3n) is 3.78. The fourth-order valence-corrected chi connectivity index (χ4v) is 2.53. The summed E-state index contributed by atoms with van der Waals surface area (Å²) in [6.07, 6.45) is 1.66. The van der Waals surface area contributed by atoms with Crippen molar-refractivity contribution < 1.29 is 0 Å². The highest BCUT2D eigenvalue weighted by Crippen LogP contribution is 2.09. The summed E-state index contributed by atoms with van der Waals surface area (Å²) in [5.74, 6) is 0. The van der Waals surface area contributed by atoms with E-state index in [9.17, 15) is 9.59 Å². The molecule has 2 heterocycles. The molecule has 0 aromatic carbocycles. The summed E-state index contributed by atoms with van der Waals surface area (Å²) < 4.78 is 2.64. The van der Waals surface area contributed by atoms with E-state index in [1.54, 1.807) is 13.2 Å². The SMILES string of the molecule is CC1CN(Cc2cn(C)c(=O)n(C)c2=O)C(C)CN1. The molecule has 6 nitrogen and oxygen atoms in total. The molecule has 0 saturated carbocycles. The molecule has 1 fully saturated rings. The first-order valence-corrected chi connectivity index (χ1v) is 6.63. The summed E-state index contributed by atoms with van der Waals surface area (Å²) in [5.41, 5.74) is 0.197. The number of nitrogens with one attached hydrogen (secondary N) is 1. The molecule has 0 radical (unpaired) electrons. The standard InChI is InChI=1S/C13H22N4O2/c1-9-6-17(10(2)5-14-9)8-11-7-15(3)13(19)16(4)12(11)18/h7,9-10,14H,5-6,8H2,1-4H3. The third-order valence-corrected chi connectivity index (χ3v) is 3.78. The molecule has 1 aliphatic rings. The number of aromatic nitrogens is 2.